The monoisotopic (exact) mass is 312 g/mol. The molecule has 0 fully saturated rings. The molecule has 0 saturated carbocycles. The second-order valence-corrected chi connectivity index (χ2v) is 6.99. The highest BCUT2D eigenvalue weighted by Crippen LogP contribution is 2.12. The van der Waals surface area contributed by atoms with Crippen molar-refractivity contribution in [3.8, 4) is 0 Å². The third kappa shape index (κ3) is 5.47. The minimum absolute atomic E-state index is 0.0774. The molecule has 0 saturated heterocycles. The molecule has 1 rings (SSSR count). The lowest BCUT2D eigenvalue weighted by atomic mass is 10.1. The Morgan fingerprint density at radius 3 is 2.62 bits per heavy atom. The molecule has 1 unspecified atom stereocenters. The van der Waals surface area contributed by atoms with E-state index in [1.807, 2.05) is 6.92 Å². The molecule has 1 atom stereocenters. The SMILES string of the molecule is CCCCCC(C)NC(=O)c1cccc(S(=O)(=O)NC)c1. The second-order valence-electron chi connectivity index (χ2n) is 5.11. The van der Waals surface area contributed by atoms with Gasteiger partial charge in [-0.25, -0.2) is 13.1 Å². The summed E-state index contributed by atoms with van der Waals surface area (Å²) in [4.78, 5) is 12.2. The zero-order valence-electron chi connectivity index (χ0n) is 12.8. The molecule has 2 N–H and O–H groups in total. The van der Waals surface area contributed by atoms with E-state index in [2.05, 4.69) is 17.0 Å². The van der Waals surface area contributed by atoms with Crippen LogP contribution in [0.1, 0.15) is 49.9 Å². The third-order valence-corrected chi connectivity index (χ3v) is 4.71. The fraction of sp³-hybridized carbons (Fsp3) is 0.533. The van der Waals surface area contributed by atoms with Gasteiger partial charge >= 0.3 is 0 Å². The van der Waals surface area contributed by atoms with Crippen LogP contribution in [0.15, 0.2) is 29.2 Å². The van der Waals surface area contributed by atoms with E-state index in [4.69, 9.17) is 0 Å². The molecule has 5 nitrogen and oxygen atoms in total. The van der Waals surface area contributed by atoms with E-state index in [9.17, 15) is 13.2 Å². The summed E-state index contributed by atoms with van der Waals surface area (Å²) in [6.07, 6.45) is 4.29. The summed E-state index contributed by atoms with van der Waals surface area (Å²) in [6.45, 7) is 4.10. The lowest BCUT2D eigenvalue weighted by molar-refractivity contribution is 0.0937. The van der Waals surface area contributed by atoms with Gasteiger partial charge in [-0.3, -0.25) is 4.79 Å². The molecule has 118 valence electrons. The van der Waals surface area contributed by atoms with Crippen molar-refractivity contribution in [2.75, 3.05) is 7.05 Å². The Labute approximate surface area is 127 Å². The molecule has 1 aromatic rings. The van der Waals surface area contributed by atoms with Gasteiger partial charge < -0.3 is 5.32 Å². The molecular weight excluding hydrogens is 288 g/mol. The van der Waals surface area contributed by atoms with Crippen molar-refractivity contribution in [3.63, 3.8) is 0 Å². The van der Waals surface area contributed by atoms with Crippen LogP contribution in [0.4, 0.5) is 0 Å². The second kappa shape index (κ2) is 8.14. The smallest absolute Gasteiger partial charge is 0.251 e. The summed E-state index contributed by atoms with van der Waals surface area (Å²) in [7, 11) is -2.19. The van der Waals surface area contributed by atoms with Crippen LogP contribution in [-0.4, -0.2) is 27.4 Å². The Morgan fingerprint density at radius 1 is 1.29 bits per heavy atom. The highest BCUT2D eigenvalue weighted by Gasteiger charge is 2.15. The van der Waals surface area contributed by atoms with E-state index in [1.165, 1.54) is 19.2 Å². The molecule has 21 heavy (non-hydrogen) atoms. The predicted molar refractivity (Wildman–Crippen MR) is 83.8 cm³/mol. The van der Waals surface area contributed by atoms with Gasteiger partial charge in [0.15, 0.2) is 0 Å². The maximum atomic E-state index is 12.1. The maximum absolute atomic E-state index is 12.1. The van der Waals surface area contributed by atoms with Gasteiger partial charge in [-0.15, -0.1) is 0 Å². The normalized spacial score (nSPS) is 12.9. The van der Waals surface area contributed by atoms with Crippen LogP contribution >= 0.6 is 0 Å². The number of benzene rings is 1. The molecule has 0 radical (unpaired) electrons. The van der Waals surface area contributed by atoms with Gasteiger partial charge in [-0.2, -0.15) is 0 Å². The van der Waals surface area contributed by atoms with Gasteiger partial charge in [0.2, 0.25) is 10.0 Å². The first-order valence-corrected chi connectivity index (χ1v) is 8.73. The largest absolute Gasteiger partial charge is 0.350 e. The van der Waals surface area contributed by atoms with E-state index in [0.717, 1.165) is 25.7 Å². The molecule has 0 spiro atoms. The summed E-state index contributed by atoms with van der Waals surface area (Å²) >= 11 is 0. The van der Waals surface area contributed by atoms with Crippen molar-refractivity contribution in [2.45, 2.75) is 50.5 Å². The molecule has 0 heterocycles. The topological polar surface area (TPSA) is 75.3 Å². The third-order valence-electron chi connectivity index (χ3n) is 3.29. The first-order valence-electron chi connectivity index (χ1n) is 7.25. The quantitative estimate of drug-likeness (QED) is 0.723. The van der Waals surface area contributed by atoms with Gasteiger partial charge in [0.05, 0.1) is 4.90 Å². The van der Waals surface area contributed by atoms with Crippen LogP contribution in [0.2, 0.25) is 0 Å². The number of hydrogen-bond donors (Lipinski definition) is 2. The van der Waals surface area contributed by atoms with Gasteiger partial charge in [-0.1, -0.05) is 32.3 Å². The van der Waals surface area contributed by atoms with E-state index >= 15 is 0 Å². The van der Waals surface area contributed by atoms with E-state index in [1.54, 1.807) is 12.1 Å². The van der Waals surface area contributed by atoms with Gasteiger partial charge in [0, 0.05) is 11.6 Å². The Bertz CT molecular complexity index is 570. The highest BCUT2D eigenvalue weighted by atomic mass is 32.2. The lowest BCUT2D eigenvalue weighted by Gasteiger charge is -2.14. The number of amides is 1. The molecular formula is C15H24N2O3S. The van der Waals surface area contributed by atoms with Gasteiger partial charge in [0.1, 0.15) is 0 Å². The van der Waals surface area contributed by atoms with Crippen LogP contribution in [-0.2, 0) is 10.0 Å². The highest BCUT2D eigenvalue weighted by molar-refractivity contribution is 7.89. The number of rotatable bonds is 8. The molecule has 1 aromatic carbocycles. The van der Waals surface area contributed by atoms with Crippen molar-refractivity contribution in [2.24, 2.45) is 0 Å². The zero-order valence-corrected chi connectivity index (χ0v) is 13.7. The maximum Gasteiger partial charge on any atom is 0.251 e. The number of hydrogen-bond acceptors (Lipinski definition) is 3. The van der Waals surface area contributed by atoms with Gasteiger partial charge in [-0.05, 0) is 38.6 Å². The van der Waals surface area contributed by atoms with Gasteiger partial charge in [0.25, 0.3) is 5.91 Å². The first kappa shape index (κ1) is 17.7. The van der Waals surface area contributed by atoms with E-state index < -0.39 is 10.0 Å². The summed E-state index contributed by atoms with van der Waals surface area (Å²) < 4.78 is 25.7. The summed E-state index contributed by atoms with van der Waals surface area (Å²) in [5, 5.41) is 2.90. The van der Waals surface area contributed by atoms with Crippen LogP contribution in [0.5, 0.6) is 0 Å². The Hall–Kier alpha value is -1.40. The minimum Gasteiger partial charge on any atom is -0.350 e. The van der Waals surface area contributed by atoms with Crippen molar-refractivity contribution >= 4 is 15.9 Å². The molecule has 6 heteroatoms. The fourth-order valence-electron chi connectivity index (χ4n) is 2.00. The van der Waals surface area contributed by atoms with E-state index in [-0.39, 0.29) is 16.8 Å². The van der Waals surface area contributed by atoms with Crippen LogP contribution in [0, 0.1) is 0 Å². The molecule has 1 amide bonds. The fourth-order valence-corrected chi connectivity index (χ4v) is 2.78. The zero-order chi connectivity index (χ0) is 15.9. The summed E-state index contributed by atoms with van der Waals surface area (Å²) in [6, 6.07) is 6.12. The number of carbonyl (C=O) groups excluding carboxylic acids is 1. The van der Waals surface area contributed by atoms with Crippen molar-refractivity contribution < 1.29 is 13.2 Å². The van der Waals surface area contributed by atoms with Crippen molar-refractivity contribution in [1.29, 1.82) is 0 Å². The number of sulfonamides is 1. The molecule has 0 aliphatic heterocycles. The standard InChI is InChI=1S/C15H24N2O3S/c1-4-5-6-8-12(2)17-15(18)13-9-7-10-14(11-13)21(19,20)16-3/h7,9-12,16H,4-6,8H2,1-3H3,(H,17,18). The summed E-state index contributed by atoms with van der Waals surface area (Å²) in [5.74, 6) is -0.243. The van der Waals surface area contributed by atoms with E-state index in [0.29, 0.717) is 5.56 Å². The first-order chi connectivity index (χ1) is 9.90. The average Bonchev–Trinajstić information content (AvgIpc) is 2.47. The molecule has 0 aliphatic carbocycles. The predicted octanol–water partition coefficient (Wildman–Crippen LogP) is 2.29. The van der Waals surface area contributed by atoms with Crippen LogP contribution in [0.3, 0.4) is 0 Å². The van der Waals surface area contributed by atoms with Crippen LogP contribution in [0.25, 0.3) is 0 Å². The Kier molecular flexibility index (Phi) is 6.84. The summed E-state index contributed by atoms with van der Waals surface area (Å²) in [5.41, 5.74) is 0.355. The average molecular weight is 312 g/mol. The van der Waals surface area contributed by atoms with Crippen molar-refractivity contribution in [3.05, 3.63) is 29.8 Å². The van der Waals surface area contributed by atoms with Crippen molar-refractivity contribution in [1.82, 2.24) is 10.0 Å². The molecule has 0 aromatic heterocycles. The number of nitrogens with one attached hydrogen (secondary N) is 2. The van der Waals surface area contributed by atoms with Crippen LogP contribution < -0.4 is 10.0 Å². The Balaban J connectivity index is 2.73. The minimum atomic E-state index is -3.53. The molecule has 0 aliphatic rings. The number of unbranched alkanes of at least 4 members (excludes halogenated alkanes) is 2. The Morgan fingerprint density at radius 2 is 2.00 bits per heavy atom. The molecule has 0 bridgehead atoms. The number of carbonyl (C=O) groups is 1. The lowest BCUT2D eigenvalue weighted by Crippen LogP contribution is -2.32.